The molecule has 2 aromatic rings. The Balaban J connectivity index is 1.50. The molecule has 1 aliphatic rings. The first-order valence-electron chi connectivity index (χ1n) is 8.38. The van der Waals surface area contributed by atoms with Crippen molar-refractivity contribution >= 4 is 21.8 Å². The molecule has 3 rings (SSSR count). The molecule has 1 aliphatic heterocycles. The van der Waals surface area contributed by atoms with Gasteiger partial charge in [0, 0.05) is 17.6 Å². The summed E-state index contributed by atoms with van der Waals surface area (Å²) in [5, 5.41) is 0. The highest BCUT2D eigenvalue weighted by molar-refractivity contribution is 9.10. The quantitative estimate of drug-likeness (QED) is 0.769. The van der Waals surface area contributed by atoms with Crippen molar-refractivity contribution in [2.45, 2.75) is 32.0 Å². The second kappa shape index (κ2) is 8.45. The second-order valence-electron chi connectivity index (χ2n) is 6.20. The molecule has 1 heterocycles. The number of rotatable bonds is 5. The van der Waals surface area contributed by atoms with Crippen molar-refractivity contribution in [1.29, 1.82) is 0 Å². The van der Waals surface area contributed by atoms with Gasteiger partial charge in [0.05, 0.1) is 19.1 Å². The van der Waals surface area contributed by atoms with E-state index in [1.807, 2.05) is 47.4 Å². The van der Waals surface area contributed by atoms with Crippen LogP contribution in [0.15, 0.2) is 59.1 Å². The minimum absolute atomic E-state index is 0.127. The van der Waals surface area contributed by atoms with Gasteiger partial charge in [-0.3, -0.25) is 4.79 Å². The molecule has 3 nitrogen and oxygen atoms in total. The van der Waals surface area contributed by atoms with E-state index in [0.29, 0.717) is 19.6 Å². The highest BCUT2D eigenvalue weighted by Crippen LogP contribution is 2.17. The number of carbonyl (C=O) groups excluding carboxylic acids is 1. The first-order chi connectivity index (χ1) is 11.7. The van der Waals surface area contributed by atoms with E-state index in [9.17, 15) is 4.79 Å². The lowest BCUT2D eigenvalue weighted by atomic mass is 10.1. The van der Waals surface area contributed by atoms with Gasteiger partial charge in [-0.25, -0.2) is 0 Å². The van der Waals surface area contributed by atoms with Crippen LogP contribution in [0.5, 0.6) is 0 Å². The first-order valence-corrected chi connectivity index (χ1v) is 9.18. The van der Waals surface area contributed by atoms with E-state index in [1.54, 1.807) is 0 Å². The van der Waals surface area contributed by atoms with Crippen LogP contribution in [-0.2, 0) is 22.6 Å². The van der Waals surface area contributed by atoms with E-state index in [0.717, 1.165) is 35.0 Å². The molecule has 0 bridgehead atoms. The molecule has 0 N–H and O–H groups in total. The zero-order valence-corrected chi connectivity index (χ0v) is 15.2. The molecule has 0 aromatic heterocycles. The Labute approximate surface area is 151 Å². The summed E-state index contributed by atoms with van der Waals surface area (Å²) in [5.74, 6) is 0.193. The van der Waals surface area contributed by atoms with Crippen LogP contribution < -0.4 is 0 Å². The smallest absolute Gasteiger partial charge is 0.227 e. The highest BCUT2D eigenvalue weighted by Gasteiger charge is 2.24. The summed E-state index contributed by atoms with van der Waals surface area (Å²) in [7, 11) is 0. The molecule has 0 saturated carbocycles. The van der Waals surface area contributed by atoms with Crippen molar-refractivity contribution in [2.75, 3.05) is 13.1 Å². The molecule has 0 aliphatic carbocycles. The maximum Gasteiger partial charge on any atom is 0.227 e. The maximum atomic E-state index is 12.5. The second-order valence-corrected chi connectivity index (χ2v) is 7.12. The maximum absolute atomic E-state index is 12.5. The number of carbonyl (C=O) groups is 1. The van der Waals surface area contributed by atoms with Gasteiger partial charge in [-0.15, -0.1) is 0 Å². The van der Waals surface area contributed by atoms with Gasteiger partial charge in [-0.2, -0.15) is 0 Å². The molecule has 0 spiro atoms. The lowest BCUT2D eigenvalue weighted by Gasteiger charge is -2.33. The molecule has 1 unspecified atom stereocenters. The molecule has 1 atom stereocenters. The van der Waals surface area contributed by atoms with Crippen molar-refractivity contribution < 1.29 is 9.53 Å². The average molecular weight is 388 g/mol. The normalized spacial score (nSPS) is 17.7. The zero-order valence-electron chi connectivity index (χ0n) is 13.7. The van der Waals surface area contributed by atoms with Gasteiger partial charge in [0.2, 0.25) is 5.91 Å². The molecular formula is C20H22BrNO2. The number of benzene rings is 2. The van der Waals surface area contributed by atoms with Gasteiger partial charge in [0.1, 0.15) is 0 Å². The van der Waals surface area contributed by atoms with Crippen LogP contribution >= 0.6 is 15.9 Å². The fourth-order valence-electron chi connectivity index (χ4n) is 2.98. The van der Waals surface area contributed by atoms with E-state index in [2.05, 4.69) is 28.1 Å². The lowest BCUT2D eigenvalue weighted by Crippen LogP contribution is -2.43. The summed E-state index contributed by atoms with van der Waals surface area (Å²) >= 11 is 3.44. The van der Waals surface area contributed by atoms with E-state index in [4.69, 9.17) is 4.74 Å². The predicted octanol–water partition coefficient (Wildman–Crippen LogP) is 4.20. The zero-order chi connectivity index (χ0) is 16.8. The Bertz CT molecular complexity index is 657. The lowest BCUT2D eigenvalue weighted by molar-refractivity contribution is -0.134. The molecule has 2 aromatic carbocycles. The number of halogens is 1. The Morgan fingerprint density at radius 1 is 1.08 bits per heavy atom. The van der Waals surface area contributed by atoms with Gasteiger partial charge in [-0.1, -0.05) is 58.4 Å². The highest BCUT2D eigenvalue weighted by atomic mass is 79.9. The van der Waals surface area contributed by atoms with Crippen molar-refractivity contribution in [1.82, 2.24) is 4.90 Å². The fourth-order valence-corrected chi connectivity index (χ4v) is 3.24. The van der Waals surface area contributed by atoms with Gasteiger partial charge in [0.25, 0.3) is 0 Å². The molecule has 0 radical (unpaired) electrons. The number of nitrogens with zero attached hydrogens (tertiary/aromatic N) is 1. The van der Waals surface area contributed by atoms with Crippen molar-refractivity contribution in [2.24, 2.45) is 0 Å². The number of ether oxygens (including phenoxy) is 1. The van der Waals surface area contributed by atoms with Gasteiger partial charge < -0.3 is 9.64 Å². The van der Waals surface area contributed by atoms with Crippen molar-refractivity contribution in [3.05, 3.63) is 70.2 Å². The van der Waals surface area contributed by atoms with Crippen LogP contribution in [0.1, 0.15) is 24.0 Å². The van der Waals surface area contributed by atoms with Crippen LogP contribution in [-0.4, -0.2) is 30.0 Å². The van der Waals surface area contributed by atoms with Crippen LogP contribution in [0.4, 0.5) is 0 Å². The summed E-state index contributed by atoms with van der Waals surface area (Å²) < 4.78 is 7.10. The number of piperidine rings is 1. The molecule has 1 amide bonds. The SMILES string of the molecule is O=C(Cc1ccccc1)N1CCCC(OCc2ccc(Br)cc2)C1. The minimum Gasteiger partial charge on any atom is -0.372 e. The van der Waals surface area contributed by atoms with Gasteiger partial charge >= 0.3 is 0 Å². The number of amides is 1. The van der Waals surface area contributed by atoms with Crippen LogP contribution in [0.2, 0.25) is 0 Å². The molecular weight excluding hydrogens is 366 g/mol. The third-order valence-electron chi connectivity index (χ3n) is 4.33. The topological polar surface area (TPSA) is 29.5 Å². The Kier molecular flexibility index (Phi) is 6.05. The Hall–Kier alpha value is -1.65. The first kappa shape index (κ1) is 17.2. The summed E-state index contributed by atoms with van der Waals surface area (Å²) in [6.45, 7) is 2.13. The van der Waals surface area contributed by atoms with Crippen LogP contribution in [0, 0.1) is 0 Å². The van der Waals surface area contributed by atoms with E-state index in [-0.39, 0.29) is 12.0 Å². The summed E-state index contributed by atoms with van der Waals surface area (Å²) in [6.07, 6.45) is 2.62. The molecule has 24 heavy (non-hydrogen) atoms. The number of hydrogen-bond donors (Lipinski definition) is 0. The summed E-state index contributed by atoms with van der Waals surface area (Å²) in [4.78, 5) is 14.4. The predicted molar refractivity (Wildman–Crippen MR) is 98.7 cm³/mol. The molecule has 126 valence electrons. The number of likely N-dealkylation sites (tertiary alicyclic amines) is 1. The summed E-state index contributed by atoms with van der Waals surface area (Å²) in [6, 6.07) is 18.1. The van der Waals surface area contributed by atoms with Crippen molar-refractivity contribution in [3.63, 3.8) is 0 Å². The fraction of sp³-hybridized carbons (Fsp3) is 0.350. The summed E-state index contributed by atoms with van der Waals surface area (Å²) in [5.41, 5.74) is 2.23. The van der Waals surface area contributed by atoms with Gasteiger partial charge in [-0.05, 0) is 36.1 Å². The molecule has 4 heteroatoms. The standard InChI is InChI=1S/C20H22BrNO2/c21-18-10-8-17(9-11-18)15-24-19-7-4-12-22(14-19)20(23)13-16-5-2-1-3-6-16/h1-3,5-6,8-11,19H,4,7,12-15H2. The van der Waals surface area contributed by atoms with E-state index in [1.165, 1.54) is 0 Å². The van der Waals surface area contributed by atoms with Gasteiger partial charge in [0.15, 0.2) is 0 Å². The van der Waals surface area contributed by atoms with E-state index < -0.39 is 0 Å². The largest absolute Gasteiger partial charge is 0.372 e. The average Bonchev–Trinajstić information content (AvgIpc) is 2.62. The number of hydrogen-bond acceptors (Lipinski definition) is 2. The Morgan fingerprint density at radius 3 is 2.58 bits per heavy atom. The van der Waals surface area contributed by atoms with Crippen molar-refractivity contribution in [3.8, 4) is 0 Å². The van der Waals surface area contributed by atoms with Crippen LogP contribution in [0.25, 0.3) is 0 Å². The molecule has 1 saturated heterocycles. The van der Waals surface area contributed by atoms with E-state index >= 15 is 0 Å². The third-order valence-corrected chi connectivity index (χ3v) is 4.86. The molecule has 1 fully saturated rings. The Morgan fingerprint density at radius 2 is 1.83 bits per heavy atom. The third kappa shape index (κ3) is 4.92. The van der Waals surface area contributed by atoms with Crippen LogP contribution in [0.3, 0.4) is 0 Å². The minimum atomic E-state index is 0.127. The monoisotopic (exact) mass is 387 g/mol.